The molecule has 1 amide bonds. The van der Waals surface area contributed by atoms with E-state index in [9.17, 15) is 10.1 Å². The summed E-state index contributed by atoms with van der Waals surface area (Å²) in [4.78, 5) is 19.6. The number of amides is 1. The van der Waals surface area contributed by atoms with Crippen LogP contribution in [0.3, 0.4) is 0 Å². The summed E-state index contributed by atoms with van der Waals surface area (Å²) in [5.41, 5.74) is 7.20. The van der Waals surface area contributed by atoms with E-state index >= 15 is 0 Å². The van der Waals surface area contributed by atoms with Crippen molar-refractivity contribution in [3.8, 4) is 17.3 Å². The quantitative estimate of drug-likeness (QED) is 0.393. The number of aromatic nitrogens is 1. The lowest BCUT2D eigenvalue weighted by atomic mass is 9.96. The van der Waals surface area contributed by atoms with Gasteiger partial charge in [0.2, 0.25) is 0 Å². The van der Waals surface area contributed by atoms with E-state index in [1.165, 1.54) is 10.4 Å². The minimum absolute atomic E-state index is 0.204. The molecule has 1 aliphatic rings. The van der Waals surface area contributed by atoms with Crippen LogP contribution in [-0.2, 0) is 12.8 Å². The molecule has 4 nitrogen and oxygen atoms in total. The Morgan fingerprint density at radius 3 is 2.72 bits per heavy atom. The van der Waals surface area contributed by atoms with Gasteiger partial charge in [-0.3, -0.25) is 4.79 Å². The van der Waals surface area contributed by atoms with E-state index in [0.717, 1.165) is 59.0 Å². The van der Waals surface area contributed by atoms with Crippen LogP contribution in [-0.4, -0.2) is 10.9 Å². The number of nitriles is 1. The van der Waals surface area contributed by atoms with Crippen molar-refractivity contribution in [1.82, 2.24) is 4.98 Å². The fourth-order valence-electron chi connectivity index (χ4n) is 4.54. The molecule has 0 atom stereocenters. The summed E-state index contributed by atoms with van der Waals surface area (Å²) >= 11 is 1.55. The van der Waals surface area contributed by atoms with Crippen LogP contribution in [0.2, 0.25) is 0 Å². The molecular weight excluding hydrogens is 414 g/mol. The van der Waals surface area contributed by atoms with Crippen LogP contribution in [0.4, 0.5) is 5.00 Å². The highest BCUT2D eigenvalue weighted by Crippen LogP contribution is 2.38. The van der Waals surface area contributed by atoms with Crippen molar-refractivity contribution < 1.29 is 4.79 Å². The standard InChI is InChI=1S/C27H23N3OS/c1-16-11-12-18(17(2)13-16)24-14-21(19-7-3-5-9-23(19)29-24)26(31)30-27-22(15-28)20-8-4-6-10-25(20)32-27/h3,5,7,9,11-14H,4,6,8,10H2,1-2H3,(H,30,31). The molecule has 0 fully saturated rings. The number of hydrogen-bond acceptors (Lipinski definition) is 4. The van der Waals surface area contributed by atoms with Gasteiger partial charge >= 0.3 is 0 Å². The van der Waals surface area contributed by atoms with Gasteiger partial charge in [-0.15, -0.1) is 11.3 Å². The Labute approximate surface area is 191 Å². The first-order valence-electron chi connectivity index (χ1n) is 10.9. The fourth-order valence-corrected chi connectivity index (χ4v) is 5.78. The number of rotatable bonds is 3. The average molecular weight is 438 g/mol. The SMILES string of the molecule is Cc1ccc(-c2cc(C(=O)Nc3sc4c(c3C#N)CCCC4)c3ccccc3n2)c(C)c1. The Kier molecular flexibility index (Phi) is 5.24. The normalized spacial score (nSPS) is 12.9. The molecule has 0 unspecified atom stereocenters. The summed E-state index contributed by atoms with van der Waals surface area (Å²) in [6, 6.07) is 18.2. The van der Waals surface area contributed by atoms with E-state index in [4.69, 9.17) is 4.98 Å². The van der Waals surface area contributed by atoms with Crippen LogP contribution in [0.15, 0.2) is 48.5 Å². The number of anilines is 1. The van der Waals surface area contributed by atoms with E-state index in [1.54, 1.807) is 11.3 Å². The Bertz CT molecular complexity index is 1410. The van der Waals surface area contributed by atoms with Gasteiger partial charge in [-0.05, 0) is 62.8 Å². The molecule has 1 N–H and O–H groups in total. The number of hydrogen-bond donors (Lipinski definition) is 1. The van der Waals surface area contributed by atoms with Crippen LogP contribution in [0.5, 0.6) is 0 Å². The predicted octanol–water partition coefficient (Wildman–Crippen LogP) is 6.58. The second-order valence-corrected chi connectivity index (χ2v) is 9.48. The lowest BCUT2D eigenvalue weighted by Crippen LogP contribution is -2.13. The Morgan fingerprint density at radius 1 is 1.09 bits per heavy atom. The van der Waals surface area contributed by atoms with Gasteiger partial charge in [-0.25, -0.2) is 4.98 Å². The minimum atomic E-state index is -0.204. The molecule has 1 aliphatic carbocycles. The molecule has 158 valence electrons. The highest BCUT2D eigenvalue weighted by Gasteiger charge is 2.23. The molecule has 2 heterocycles. The molecule has 5 heteroatoms. The maximum atomic E-state index is 13.5. The second kappa shape index (κ2) is 8.22. The third-order valence-electron chi connectivity index (χ3n) is 6.13. The topological polar surface area (TPSA) is 65.8 Å². The number of fused-ring (bicyclic) bond motifs is 2. The molecule has 0 saturated heterocycles. The van der Waals surface area contributed by atoms with E-state index < -0.39 is 0 Å². The monoisotopic (exact) mass is 437 g/mol. The number of nitrogens with zero attached hydrogens (tertiary/aromatic N) is 2. The molecule has 2 aromatic heterocycles. The van der Waals surface area contributed by atoms with E-state index in [0.29, 0.717) is 16.1 Å². The smallest absolute Gasteiger partial charge is 0.257 e. The van der Waals surface area contributed by atoms with Gasteiger partial charge in [-0.2, -0.15) is 5.26 Å². The van der Waals surface area contributed by atoms with E-state index in [1.807, 2.05) is 30.3 Å². The Balaban J connectivity index is 1.60. The summed E-state index contributed by atoms with van der Waals surface area (Å²) in [5, 5.41) is 14.3. The highest BCUT2D eigenvalue weighted by atomic mass is 32.1. The number of carbonyl (C=O) groups is 1. The van der Waals surface area contributed by atoms with Crippen LogP contribution < -0.4 is 5.32 Å². The minimum Gasteiger partial charge on any atom is -0.312 e. The number of para-hydroxylation sites is 1. The average Bonchev–Trinajstić information content (AvgIpc) is 3.15. The van der Waals surface area contributed by atoms with Gasteiger partial charge in [0.05, 0.1) is 22.3 Å². The number of benzene rings is 2. The van der Waals surface area contributed by atoms with Crippen LogP contribution in [0.25, 0.3) is 22.2 Å². The molecule has 0 bridgehead atoms. The summed E-state index contributed by atoms with van der Waals surface area (Å²) in [5.74, 6) is -0.204. The van der Waals surface area contributed by atoms with Gasteiger partial charge in [0.15, 0.2) is 0 Å². The lowest BCUT2D eigenvalue weighted by molar-refractivity contribution is 0.102. The summed E-state index contributed by atoms with van der Waals surface area (Å²) < 4.78 is 0. The van der Waals surface area contributed by atoms with Gasteiger partial charge in [0.1, 0.15) is 11.1 Å². The van der Waals surface area contributed by atoms with Crippen molar-refractivity contribution in [2.75, 3.05) is 5.32 Å². The molecule has 4 aromatic rings. The largest absolute Gasteiger partial charge is 0.312 e. The summed E-state index contributed by atoms with van der Waals surface area (Å²) in [6.07, 6.45) is 4.14. The number of pyridine rings is 1. The molecular formula is C27H23N3OS. The fraction of sp³-hybridized carbons (Fsp3) is 0.222. The molecule has 2 aromatic carbocycles. The highest BCUT2D eigenvalue weighted by molar-refractivity contribution is 7.16. The van der Waals surface area contributed by atoms with Crippen molar-refractivity contribution >= 4 is 33.1 Å². The van der Waals surface area contributed by atoms with Gasteiger partial charge < -0.3 is 5.32 Å². The zero-order valence-corrected chi connectivity index (χ0v) is 19.0. The number of carbonyl (C=O) groups excluding carboxylic acids is 1. The molecule has 5 rings (SSSR count). The van der Waals surface area contributed by atoms with Crippen molar-refractivity contribution in [2.45, 2.75) is 39.5 Å². The predicted molar refractivity (Wildman–Crippen MR) is 130 cm³/mol. The molecule has 0 aliphatic heterocycles. The van der Waals surface area contributed by atoms with Crippen molar-refractivity contribution in [1.29, 1.82) is 5.26 Å². The number of nitrogens with one attached hydrogen (secondary N) is 1. The zero-order chi connectivity index (χ0) is 22.2. The second-order valence-electron chi connectivity index (χ2n) is 8.37. The first-order valence-corrected chi connectivity index (χ1v) is 11.7. The molecule has 32 heavy (non-hydrogen) atoms. The van der Waals surface area contributed by atoms with Gasteiger partial charge in [0.25, 0.3) is 5.91 Å². The van der Waals surface area contributed by atoms with Crippen LogP contribution in [0.1, 0.15) is 50.3 Å². The summed E-state index contributed by atoms with van der Waals surface area (Å²) in [7, 11) is 0. The van der Waals surface area contributed by atoms with Crippen molar-refractivity contribution in [3.05, 3.63) is 81.2 Å². The van der Waals surface area contributed by atoms with Crippen molar-refractivity contribution in [3.63, 3.8) is 0 Å². The van der Waals surface area contributed by atoms with E-state index in [2.05, 4.69) is 43.4 Å². The summed E-state index contributed by atoms with van der Waals surface area (Å²) in [6.45, 7) is 4.13. The van der Waals surface area contributed by atoms with Gasteiger partial charge in [0, 0.05) is 15.8 Å². The molecule has 0 radical (unpaired) electrons. The van der Waals surface area contributed by atoms with Crippen molar-refractivity contribution in [2.24, 2.45) is 0 Å². The lowest BCUT2D eigenvalue weighted by Gasteiger charge is -2.12. The first kappa shape index (κ1) is 20.4. The van der Waals surface area contributed by atoms with Crippen LogP contribution in [0, 0.1) is 25.2 Å². The molecule has 0 saturated carbocycles. The van der Waals surface area contributed by atoms with Crippen LogP contribution >= 0.6 is 11.3 Å². The van der Waals surface area contributed by atoms with Gasteiger partial charge in [-0.1, -0.05) is 42.0 Å². The Morgan fingerprint density at radius 2 is 1.91 bits per heavy atom. The third-order valence-corrected chi connectivity index (χ3v) is 7.34. The first-order chi connectivity index (χ1) is 15.5. The third kappa shape index (κ3) is 3.57. The number of aryl methyl sites for hydroxylation is 3. The zero-order valence-electron chi connectivity index (χ0n) is 18.2. The maximum Gasteiger partial charge on any atom is 0.257 e. The molecule has 0 spiro atoms. The Hall–Kier alpha value is -3.49. The maximum absolute atomic E-state index is 13.5. The van der Waals surface area contributed by atoms with E-state index in [-0.39, 0.29) is 5.91 Å². The number of thiophene rings is 1.